The fraction of sp³-hybridized carbons (Fsp3) is 0.333. The van der Waals surface area contributed by atoms with Gasteiger partial charge in [0.25, 0.3) is 5.91 Å². The highest BCUT2D eigenvalue weighted by Gasteiger charge is 2.10. The first-order valence-corrected chi connectivity index (χ1v) is 6.77. The van der Waals surface area contributed by atoms with Gasteiger partial charge < -0.3 is 14.8 Å². The van der Waals surface area contributed by atoms with Crippen molar-refractivity contribution in [3.8, 4) is 5.75 Å². The van der Waals surface area contributed by atoms with Crippen LogP contribution < -0.4 is 10.1 Å². The van der Waals surface area contributed by atoms with Crippen molar-refractivity contribution in [1.29, 1.82) is 0 Å². The van der Waals surface area contributed by atoms with Gasteiger partial charge in [0.2, 0.25) is 0 Å². The number of aromatic nitrogens is 2. The van der Waals surface area contributed by atoms with Crippen molar-refractivity contribution in [1.82, 2.24) is 15.1 Å². The summed E-state index contributed by atoms with van der Waals surface area (Å²) >= 11 is 0. The van der Waals surface area contributed by atoms with Crippen LogP contribution in [0.3, 0.4) is 0 Å². The summed E-state index contributed by atoms with van der Waals surface area (Å²) in [5.74, 6) is 0.401. The lowest BCUT2D eigenvalue weighted by Crippen LogP contribution is -2.28. The fourth-order valence-corrected chi connectivity index (χ4v) is 1.86. The predicted molar refractivity (Wildman–Crippen MR) is 78.4 cm³/mol. The molecule has 0 bridgehead atoms. The van der Waals surface area contributed by atoms with Gasteiger partial charge >= 0.3 is 0 Å². The van der Waals surface area contributed by atoms with Crippen molar-refractivity contribution >= 4 is 5.91 Å². The Labute approximate surface area is 123 Å². The SMILES string of the molecule is COc1ccccc1C(=O)NCCOCCn1cccn1. The van der Waals surface area contributed by atoms with E-state index in [1.165, 1.54) is 0 Å². The molecule has 6 heteroatoms. The van der Waals surface area contributed by atoms with E-state index < -0.39 is 0 Å². The minimum atomic E-state index is -0.164. The van der Waals surface area contributed by atoms with Crippen LogP contribution in [0.1, 0.15) is 10.4 Å². The number of ether oxygens (including phenoxy) is 2. The monoisotopic (exact) mass is 289 g/mol. The first kappa shape index (κ1) is 15.1. The van der Waals surface area contributed by atoms with E-state index in [0.29, 0.717) is 37.6 Å². The van der Waals surface area contributed by atoms with Crippen LogP contribution in [-0.4, -0.2) is 42.6 Å². The number of para-hydroxylation sites is 1. The summed E-state index contributed by atoms with van der Waals surface area (Å²) in [7, 11) is 1.55. The Hall–Kier alpha value is -2.34. The number of nitrogens with one attached hydrogen (secondary N) is 1. The minimum Gasteiger partial charge on any atom is -0.496 e. The van der Waals surface area contributed by atoms with Crippen LogP contribution in [-0.2, 0) is 11.3 Å². The zero-order valence-corrected chi connectivity index (χ0v) is 12.0. The van der Waals surface area contributed by atoms with Crippen LogP contribution in [0.15, 0.2) is 42.7 Å². The summed E-state index contributed by atoms with van der Waals surface area (Å²) in [5.41, 5.74) is 0.525. The van der Waals surface area contributed by atoms with Crippen LogP contribution in [0.25, 0.3) is 0 Å². The lowest BCUT2D eigenvalue weighted by Gasteiger charge is -2.09. The van der Waals surface area contributed by atoms with E-state index in [2.05, 4.69) is 10.4 Å². The first-order valence-electron chi connectivity index (χ1n) is 6.77. The average Bonchev–Trinajstić information content (AvgIpc) is 3.03. The molecule has 0 aliphatic carbocycles. The highest BCUT2D eigenvalue weighted by molar-refractivity contribution is 5.96. The molecule has 0 aliphatic rings. The maximum atomic E-state index is 12.0. The molecular formula is C15H19N3O3. The summed E-state index contributed by atoms with van der Waals surface area (Å²) in [5, 5.41) is 6.88. The third-order valence-corrected chi connectivity index (χ3v) is 2.91. The zero-order chi connectivity index (χ0) is 14.9. The molecule has 6 nitrogen and oxygen atoms in total. The molecule has 0 atom stereocenters. The molecule has 1 aromatic heterocycles. The molecule has 21 heavy (non-hydrogen) atoms. The Kier molecular flexibility index (Phi) is 5.78. The molecule has 0 radical (unpaired) electrons. The molecule has 1 amide bonds. The zero-order valence-electron chi connectivity index (χ0n) is 12.0. The molecular weight excluding hydrogens is 270 g/mol. The van der Waals surface area contributed by atoms with E-state index in [9.17, 15) is 4.79 Å². The van der Waals surface area contributed by atoms with Gasteiger partial charge in [0.1, 0.15) is 5.75 Å². The van der Waals surface area contributed by atoms with E-state index in [1.54, 1.807) is 36.2 Å². The van der Waals surface area contributed by atoms with Crippen LogP contribution >= 0.6 is 0 Å². The van der Waals surface area contributed by atoms with E-state index in [-0.39, 0.29) is 5.91 Å². The maximum Gasteiger partial charge on any atom is 0.255 e. The van der Waals surface area contributed by atoms with Gasteiger partial charge in [-0.15, -0.1) is 0 Å². The molecule has 0 saturated heterocycles. The van der Waals surface area contributed by atoms with Crippen LogP contribution in [0.2, 0.25) is 0 Å². The second-order valence-electron chi connectivity index (χ2n) is 4.34. The van der Waals surface area contributed by atoms with Crippen molar-refractivity contribution in [3.63, 3.8) is 0 Å². The van der Waals surface area contributed by atoms with Gasteiger partial charge in [-0.2, -0.15) is 5.10 Å². The summed E-state index contributed by atoms with van der Waals surface area (Å²) in [6, 6.07) is 8.99. The number of carbonyl (C=O) groups is 1. The van der Waals surface area contributed by atoms with E-state index >= 15 is 0 Å². The highest BCUT2D eigenvalue weighted by atomic mass is 16.5. The Morgan fingerprint density at radius 2 is 2.14 bits per heavy atom. The molecule has 0 spiro atoms. The van der Waals surface area contributed by atoms with Gasteiger partial charge in [-0.05, 0) is 18.2 Å². The Bertz CT molecular complexity index is 555. The standard InChI is InChI=1S/C15H19N3O3/c1-20-14-6-3-2-5-13(14)15(19)16-8-11-21-12-10-18-9-4-7-17-18/h2-7,9H,8,10-12H2,1H3,(H,16,19). The lowest BCUT2D eigenvalue weighted by molar-refractivity contribution is 0.0903. The van der Waals surface area contributed by atoms with Crippen molar-refractivity contribution in [2.45, 2.75) is 6.54 Å². The number of hydrogen-bond acceptors (Lipinski definition) is 4. The summed E-state index contributed by atoms with van der Waals surface area (Å²) in [6.45, 7) is 2.18. The minimum absolute atomic E-state index is 0.164. The van der Waals surface area contributed by atoms with E-state index in [4.69, 9.17) is 9.47 Å². The first-order chi connectivity index (χ1) is 10.3. The molecule has 2 rings (SSSR count). The maximum absolute atomic E-state index is 12.0. The Morgan fingerprint density at radius 3 is 2.90 bits per heavy atom. The van der Waals surface area contributed by atoms with Crippen LogP contribution in [0, 0.1) is 0 Å². The summed E-state index contributed by atoms with van der Waals surface area (Å²) in [6.07, 6.45) is 3.61. The average molecular weight is 289 g/mol. The van der Waals surface area contributed by atoms with Crippen molar-refractivity contribution < 1.29 is 14.3 Å². The normalized spacial score (nSPS) is 10.3. The number of hydrogen-bond donors (Lipinski definition) is 1. The number of amides is 1. The van der Waals surface area contributed by atoms with Gasteiger partial charge in [-0.1, -0.05) is 12.1 Å². The lowest BCUT2D eigenvalue weighted by atomic mass is 10.2. The van der Waals surface area contributed by atoms with Gasteiger partial charge in [0.05, 0.1) is 32.4 Å². The quantitative estimate of drug-likeness (QED) is 0.745. The number of rotatable bonds is 8. The number of methoxy groups -OCH3 is 1. The largest absolute Gasteiger partial charge is 0.496 e. The van der Waals surface area contributed by atoms with Gasteiger partial charge in [-0.25, -0.2) is 0 Å². The summed E-state index contributed by atoms with van der Waals surface area (Å²) in [4.78, 5) is 12.0. The second-order valence-corrected chi connectivity index (χ2v) is 4.34. The Morgan fingerprint density at radius 1 is 1.29 bits per heavy atom. The molecule has 0 saturated carbocycles. The van der Waals surface area contributed by atoms with Gasteiger partial charge in [-0.3, -0.25) is 9.48 Å². The topological polar surface area (TPSA) is 65.4 Å². The molecule has 2 aromatic rings. The van der Waals surface area contributed by atoms with E-state index in [0.717, 1.165) is 0 Å². The molecule has 1 aromatic carbocycles. The number of benzene rings is 1. The number of nitrogens with zero attached hydrogens (tertiary/aromatic N) is 2. The van der Waals surface area contributed by atoms with Gasteiger partial charge in [0.15, 0.2) is 0 Å². The molecule has 112 valence electrons. The van der Waals surface area contributed by atoms with Crippen molar-refractivity contribution in [2.24, 2.45) is 0 Å². The predicted octanol–water partition coefficient (Wildman–Crippen LogP) is 1.34. The fourth-order valence-electron chi connectivity index (χ4n) is 1.86. The third kappa shape index (κ3) is 4.61. The van der Waals surface area contributed by atoms with Gasteiger partial charge in [0, 0.05) is 18.9 Å². The molecule has 0 aliphatic heterocycles. The smallest absolute Gasteiger partial charge is 0.255 e. The molecule has 0 unspecified atom stereocenters. The molecule has 0 fully saturated rings. The molecule has 1 N–H and O–H groups in total. The third-order valence-electron chi connectivity index (χ3n) is 2.91. The molecule has 1 heterocycles. The van der Waals surface area contributed by atoms with E-state index in [1.807, 2.05) is 18.3 Å². The Balaban J connectivity index is 1.65. The highest BCUT2D eigenvalue weighted by Crippen LogP contribution is 2.16. The van der Waals surface area contributed by atoms with Crippen LogP contribution in [0.4, 0.5) is 0 Å². The second kappa shape index (κ2) is 8.06. The van der Waals surface area contributed by atoms with Crippen LogP contribution in [0.5, 0.6) is 5.75 Å². The number of carbonyl (C=O) groups excluding carboxylic acids is 1. The van der Waals surface area contributed by atoms with Crippen molar-refractivity contribution in [2.75, 3.05) is 26.9 Å². The summed E-state index contributed by atoms with van der Waals surface area (Å²) < 4.78 is 12.4. The van der Waals surface area contributed by atoms with Crippen molar-refractivity contribution in [3.05, 3.63) is 48.3 Å².